The van der Waals surface area contributed by atoms with Crippen LogP contribution in [0.2, 0.25) is 0 Å². The van der Waals surface area contributed by atoms with Crippen molar-refractivity contribution >= 4 is 0 Å². The Morgan fingerprint density at radius 3 is 2.72 bits per heavy atom. The SMILES string of the molecule is CC1(C)Cc2c(cnn2C2CCCCC2)C(N)C1. The zero-order chi connectivity index (χ0) is 12.8. The quantitative estimate of drug-likeness (QED) is 0.827. The van der Waals surface area contributed by atoms with Crippen molar-refractivity contribution in [2.24, 2.45) is 11.1 Å². The minimum Gasteiger partial charge on any atom is -0.324 e. The van der Waals surface area contributed by atoms with Crippen LogP contribution < -0.4 is 5.73 Å². The average Bonchev–Trinajstić information content (AvgIpc) is 2.72. The largest absolute Gasteiger partial charge is 0.324 e. The fraction of sp³-hybridized carbons (Fsp3) is 0.800. The van der Waals surface area contributed by atoms with Gasteiger partial charge in [-0.1, -0.05) is 33.1 Å². The molecule has 0 bridgehead atoms. The highest BCUT2D eigenvalue weighted by Crippen LogP contribution is 2.41. The van der Waals surface area contributed by atoms with Crippen molar-refractivity contribution in [2.45, 2.75) is 70.9 Å². The summed E-state index contributed by atoms with van der Waals surface area (Å²) in [6.07, 6.45) is 10.9. The first kappa shape index (κ1) is 12.2. The van der Waals surface area contributed by atoms with Gasteiger partial charge in [0.1, 0.15) is 0 Å². The van der Waals surface area contributed by atoms with Gasteiger partial charge in [0.05, 0.1) is 12.2 Å². The summed E-state index contributed by atoms with van der Waals surface area (Å²) in [6, 6.07) is 0.810. The summed E-state index contributed by atoms with van der Waals surface area (Å²) < 4.78 is 2.31. The Hall–Kier alpha value is -0.830. The Morgan fingerprint density at radius 2 is 2.00 bits per heavy atom. The molecule has 0 aromatic carbocycles. The van der Waals surface area contributed by atoms with Crippen molar-refractivity contribution in [3.63, 3.8) is 0 Å². The van der Waals surface area contributed by atoms with Crippen molar-refractivity contribution in [2.75, 3.05) is 0 Å². The fourth-order valence-corrected chi connectivity index (χ4v) is 3.76. The summed E-state index contributed by atoms with van der Waals surface area (Å²) in [7, 11) is 0. The smallest absolute Gasteiger partial charge is 0.0540 e. The number of nitrogens with zero attached hydrogens (tertiary/aromatic N) is 2. The zero-order valence-electron chi connectivity index (χ0n) is 11.7. The molecule has 0 amide bonds. The minimum atomic E-state index is 0.182. The Labute approximate surface area is 110 Å². The molecule has 3 rings (SSSR count). The van der Waals surface area contributed by atoms with Crippen LogP contribution in [0.5, 0.6) is 0 Å². The maximum absolute atomic E-state index is 6.31. The molecule has 1 heterocycles. The van der Waals surface area contributed by atoms with E-state index in [1.165, 1.54) is 43.4 Å². The van der Waals surface area contributed by atoms with E-state index in [4.69, 9.17) is 5.73 Å². The fourth-order valence-electron chi connectivity index (χ4n) is 3.76. The molecule has 2 aliphatic rings. The third-order valence-corrected chi connectivity index (χ3v) is 4.67. The van der Waals surface area contributed by atoms with E-state index < -0.39 is 0 Å². The van der Waals surface area contributed by atoms with Gasteiger partial charge in [0.25, 0.3) is 0 Å². The van der Waals surface area contributed by atoms with Crippen LogP contribution in [0, 0.1) is 5.41 Å². The predicted molar refractivity (Wildman–Crippen MR) is 73.4 cm³/mol. The van der Waals surface area contributed by atoms with Crippen molar-refractivity contribution < 1.29 is 0 Å². The molecule has 1 unspecified atom stereocenters. The molecule has 3 heteroatoms. The van der Waals surface area contributed by atoms with Crippen LogP contribution in [0.15, 0.2) is 6.20 Å². The van der Waals surface area contributed by atoms with Gasteiger partial charge < -0.3 is 5.73 Å². The highest BCUT2D eigenvalue weighted by atomic mass is 15.3. The maximum Gasteiger partial charge on any atom is 0.0540 e. The molecule has 1 fully saturated rings. The zero-order valence-corrected chi connectivity index (χ0v) is 11.7. The van der Waals surface area contributed by atoms with Gasteiger partial charge in [0.2, 0.25) is 0 Å². The second-order valence-corrected chi connectivity index (χ2v) is 6.93. The Kier molecular flexibility index (Phi) is 2.97. The van der Waals surface area contributed by atoms with Gasteiger partial charge in [-0.2, -0.15) is 5.10 Å². The van der Waals surface area contributed by atoms with E-state index in [1.54, 1.807) is 0 Å². The van der Waals surface area contributed by atoms with E-state index in [2.05, 4.69) is 23.6 Å². The first-order valence-electron chi connectivity index (χ1n) is 7.39. The van der Waals surface area contributed by atoms with Gasteiger partial charge >= 0.3 is 0 Å². The van der Waals surface area contributed by atoms with Gasteiger partial charge in [-0.15, -0.1) is 0 Å². The molecule has 1 saturated carbocycles. The highest BCUT2D eigenvalue weighted by Gasteiger charge is 2.34. The number of nitrogens with two attached hydrogens (primary N) is 1. The number of hydrogen-bond donors (Lipinski definition) is 1. The van der Waals surface area contributed by atoms with Gasteiger partial charge in [0.15, 0.2) is 0 Å². The highest BCUT2D eigenvalue weighted by molar-refractivity contribution is 5.27. The molecule has 0 spiro atoms. The Balaban J connectivity index is 1.93. The summed E-state index contributed by atoms with van der Waals surface area (Å²) in [5, 5.41) is 4.67. The van der Waals surface area contributed by atoms with Gasteiger partial charge in [-0.05, 0) is 31.1 Å². The standard InChI is InChI=1S/C15H25N3/c1-15(2)8-13(16)12-10-17-18(14(12)9-15)11-6-4-3-5-7-11/h10-11,13H,3-9,16H2,1-2H3. The van der Waals surface area contributed by atoms with Crippen LogP contribution in [0.1, 0.15) is 75.7 Å². The number of rotatable bonds is 1. The molecule has 1 aromatic rings. The summed E-state index contributed by atoms with van der Waals surface area (Å²) >= 11 is 0. The molecule has 2 N–H and O–H groups in total. The van der Waals surface area contributed by atoms with Crippen molar-refractivity contribution in [1.82, 2.24) is 9.78 Å². The first-order chi connectivity index (χ1) is 8.57. The first-order valence-corrected chi connectivity index (χ1v) is 7.39. The van der Waals surface area contributed by atoms with Crippen molar-refractivity contribution in [3.8, 4) is 0 Å². The lowest BCUT2D eigenvalue weighted by Crippen LogP contribution is -2.31. The van der Waals surface area contributed by atoms with E-state index in [-0.39, 0.29) is 6.04 Å². The normalized spacial score (nSPS) is 28.1. The van der Waals surface area contributed by atoms with Crippen molar-refractivity contribution in [3.05, 3.63) is 17.5 Å². The number of hydrogen-bond acceptors (Lipinski definition) is 2. The van der Waals surface area contributed by atoms with Gasteiger partial charge in [0, 0.05) is 17.3 Å². The third kappa shape index (κ3) is 2.09. The number of aromatic nitrogens is 2. The lowest BCUT2D eigenvalue weighted by molar-refractivity contribution is 0.257. The van der Waals surface area contributed by atoms with Gasteiger partial charge in [-0.25, -0.2) is 0 Å². The molecule has 2 aliphatic carbocycles. The molecule has 18 heavy (non-hydrogen) atoms. The molecule has 1 atom stereocenters. The van der Waals surface area contributed by atoms with Crippen LogP contribution in [0.4, 0.5) is 0 Å². The van der Waals surface area contributed by atoms with E-state index >= 15 is 0 Å². The van der Waals surface area contributed by atoms with Crippen LogP contribution in [0.3, 0.4) is 0 Å². The lowest BCUT2D eigenvalue weighted by atomic mass is 9.74. The predicted octanol–water partition coefficient (Wildman–Crippen LogP) is 3.36. The Bertz CT molecular complexity index is 427. The van der Waals surface area contributed by atoms with E-state index in [0.29, 0.717) is 11.5 Å². The summed E-state index contributed by atoms with van der Waals surface area (Å²) in [4.78, 5) is 0. The second-order valence-electron chi connectivity index (χ2n) is 6.93. The number of fused-ring (bicyclic) bond motifs is 1. The minimum absolute atomic E-state index is 0.182. The van der Waals surface area contributed by atoms with Crippen molar-refractivity contribution in [1.29, 1.82) is 0 Å². The molecule has 0 aliphatic heterocycles. The monoisotopic (exact) mass is 247 g/mol. The molecular formula is C15H25N3. The lowest BCUT2D eigenvalue weighted by Gasteiger charge is -2.35. The van der Waals surface area contributed by atoms with E-state index in [0.717, 1.165) is 12.8 Å². The average molecular weight is 247 g/mol. The molecular weight excluding hydrogens is 222 g/mol. The van der Waals surface area contributed by atoms with Crippen LogP contribution >= 0.6 is 0 Å². The molecule has 0 radical (unpaired) electrons. The third-order valence-electron chi connectivity index (χ3n) is 4.67. The van der Waals surface area contributed by atoms with E-state index in [1.807, 2.05) is 6.20 Å². The summed E-state index contributed by atoms with van der Waals surface area (Å²) in [6.45, 7) is 4.65. The Morgan fingerprint density at radius 1 is 1.28 bits per heavy atom. The second kappa shape index (κ2) is 4.37. The maximum atomic E-state index is 6.31. The van der Waals surface area contributed by atoms with E-state index in [9.17, 15) is 0 Å². The van der Waals surface area contributed by atoms with Crippen LogP contribution in [0.25, 0.3) is 0 Å². The summed E-state index contributed by atoms with van der Waals surface area (Å²) in [5.74, 6) is 0. The molecule has 1 aromatic heterocycles. The molecule has 100 valence electrons. The van der Waals surface area contributed by atoms with Crippen LogP contribution in [-0.4, -0.2) is 9.78 Å². The molecule has 0 saturated heterocycles. The topological polar surface area (TPSA) is 43.8 Å². The van der Waals surface area contributed by atoms with Crippen LogP contribution in [-0.2, 0) is 6.42 Å². The molecule has 3 nitrogen and oxygen atoms in total. The van der Waals surface area contributed by atoms with Gasteiger partial charge in [-0.3, -0.25) is 4.68 Å². The summed E-state index contributed by atoms with van der Waals surface area (Å²) in [5.41, 5.74) is 9.36.